The van der Waals surface area contributed by atoms with E-state index in [0.29, 0.717) is 0 Å². The molecule has 0 aliphatic carbocycles. The quantitative estimate of drug-likeness (QED) is 0.546. The van der Waals surface area contributed by atoms with Crippen LogP contribution in [0.1, 0.15) is 31.9 Å². The summed E-state index contributed by atoms with van der Waals surface area (Å²) >= 11 is 1.77. The van der Waals surface area contributed by atoms with Crippen molar-refractivity contribution in [1.82, 2.24) is 0 Å². The summed E-state index contributed by atoms with van der Waals surface area (Å²) < 4.78 is 2.50. The molecule has 1 nitrogen and oxygen atoms in total. The minimum atomic E-state index is 0.169. The van der Waals surface area contributed by atoms with Crippen molar-refractivity contribution in [2.75, 3.05) is 0 Å². The molecular weight excluding hydrogens is 250 g/mol. The molecule has 0 N–H and O–H groups in total. The molecule has 0 aliphatic rings. The Morgan fingerprint density at radius 2 is 1.58 bits per heavy atom. The zero-order chi connectivity index (χ0) is 13.6. The number of rotatable bonds is 0. The van der Waals surface area contributed by atoms with Gasteiger partial charge in [0.2, 0.25) is 0 Å². The van der Waals surface area contributed by atoms with E-state index < -0.39 is 0 Å². The van der Waals surface area contributed by atoms with Gasteiger partial charge in [0.05, 0.1) is 11.6 Å². The average Bonchev–Trinajstić information content (AvgIpc) is 2.73. The third-order valence-electron chi connectivity index (χ3n) is 3.47. The highest BCUT2D eigenvalue weighted by Gasteiger charge is 2.15. The zero-order valence-corrected chi connectivity index (χ0v) is 12.1. The van der Waals surface area contributed by atoms with Gasteiger partial charge >= 0.3 is 0 Å². The summed E-state index contributed by atoms with van der Waals surface area (Å²) in [5.74, 6) is 0. The normalized spacial score (nSPS) is 11.9. The van der Waals surface area contributed by atoms with Gasteiger partial charge in [-0.05, 0) is 29.2 Å². The number of nitriles is 1. The number of fused-ring (bicyclic) bond motifs is 3. The van der Waals surface area contributed by atoms with E-state index in [0.717, 1.165) is 5.56 Å². The van der Waals surface area contributed by atoms with Crippen LogP contribution in [0.25, 0.3) is 20.2 Å². The van der Waals surface area contributed by atoms with Crippen molar-refractivity contribution in [3.63, 3.8) is 0 Å². The van der Waals surface area contributed by atoms with E-state index in [1.807, 2.05) is 12.1 Å². The van der Waals surface area contributed by atoms with Crippen LogP contribution in [0.4, 0.5) is 0 Å². The van der Waals surface area contributed by atoms with E-state index in [1.165, 1.54) is 25.7 Å². The maximum absolute atomic E-state index is 8.98. The lowest BCUT2D eigenvalue weighted by Crippen LogP contribution is -2.10. The third kappa shape index (κ3) is 2.01. The third-order valence-corrected chi connectivity index (χ3v) is 4.58. The van der Waals surface area contributed by atoms with Gasteiger partial charge in [0.15, 0.2) is 0 Å². The predicted octanol–water partition coefficient (Wildman–Crippen LogP) is 5.22. The first kappa shape index (κ1) is 12.2. The van der Waals surface area contributed by atoms with E-state index in [9.17, 15) is 0 Å². The fourth-order valence-corrected chi connectivity index (χ4v) is 3.50. The molecule has 3 rings (SSSR count). The van der Waals surface area contributed by atoms with Crippen LogP contribution < -0.4 is 0 Å². The number of hydrogen-bond donors (Lipinski definition) is 0. The molecule has 0 atom stereocenters. The first-order valence-electron chi connectivity index (χ1n) is 6.36. The highest BCUT2D eigenvalue weighted by Crippen LogP contribution is 2.36. The topological polar surface area (TPSA) is 23.8 Å². The van der Waals surface area contributed by atoms with Gasteiger partial charge in [-0.1, -0.05) is 39.0 Å². The van der Waals surface area contributed by atoms with Crippen molar-refractivity contribution in [3.05, 3.63) is 47.5 Å². The molecule has 3 aromatic rings. The van der Waals surface area contributed by atoms with Crippen molar-refractivity contribution in [1.29, 1.82) is 5.26 Å². The second kappa shape index (κ2) is 4.08. The maximum atomic E-state index is 8.98. The summed E-state index contributed by atoms with van der Waals surface area (Å²) in [6, 6.07) is 14.9. The van der Waals surface area contributed by atoms with Gasteiger partial charge in [0, 0.05) is 20.2 Å². The Hall–Kier alpha value is -1.85. The first-order valence-corrected chi connectivity index (χ1v) is 7.17. The van der Waals surface area contributed by atoms with Crippen molar-refractivity contribution in [2.45, 2.75) is 26.2 Å². The van der Waals surface area contributed by atoms with E-state index in [1.54, 1.807) is 11.3 Å². The van der Waals surface area contributed by atoms with Gasteiger partial charge < -0.3 is 0 Å². The predicted molar refractivity (Wildman–Crippen MR) is 82.7 cm³/mol. The minimum Gasteiger partial charge on any atom is -0.192 e. The molecular formula is C17H15NS. The first-order chi connectivity index (χ1) is 8.99. The van der Waals surface area contributed by atoms with E-state index in [2.05, 4.69) is 51.1 Å². The zero-order valence-electron chi connectivity index (χ0n) is 11.3. The molecule has 0 fully saturated rings. The Bertz CT molecular complexity index is 813. The minimum absolute atomic E-state index is 0.169. The monoisotopic (exact) mass is 265 g/mol. The Balaban J connectivity index is 2.31. The highest BCUT2D eigenvalue weighted by atomic mass is 32.1. The van der Waals surface area contributed by atoms with Crippen LogP contribution in [-0.2, 0) is 5.41 Å². The number of benzene rings is 2. The Kier molecular flexibility index (Phi) is 2.62. The molecule has 0 spiro atoms. The molecule has 0 radical (unpaired) electrons. The smallest absolute Gasteiger partial charge is 0.0992 e. The molecule has 1 aromatic heterocycles. The maximum Gasteiger partial charge on any atom is 0.0992 e. The Morgan fingerprint density at radius 1 is 0.947 bits per heavy atom. The lowest BCUT2D eigenvalue weighted by Gasteiger charge is -2.18. The van der Waals surface area contributed by atoms with E-state index >= 15 is 0 Å². The van der Waals surface area contributed by atoms with Gasteiger partial charge in [-0.15, -0.1) is 11.3 Å². The molecule has 2 heteroatoms. The molecule has 0 saturated heterocycles. The van der Waals surface area contributed by atoms with Crippen LogP contribution in [0.3, 0.4) is 0 Å². The SMILES string of the molecule is CC(C)(C)c1ccc2c(c1)sc1cc(C#N)ccc12. The Labute approximate surface area is 117 Å². The van der Waals surface area contributed by atoms with E-state index in [-0.39, 0.29) is 5.41 Å². The number of thiophene rings is 1. The van der Waals surface area contributed by atoms with Crippen molar-refractivity contribution in [2.24, 2.45) is 0 Å². The summed E-state index contributed by atoms with van der Waals surface area (Å²) in [5.41, 5.74) is 2.25. The molecule has 0 unspecified atom stereocenters. The van der Waals surface area contributed by atoms with Crippen LogP contribution in [0, 0.1) is 11.3 Å². The molecule has 0 amide bonds. The molecule has 0 aliphatic heterocycles. The summed E-state index contributed by atoms with van der Waals surface area (Å²) in [6.45, 7) is 6.69. The number of nitrogens with zero attached hydrogens (tertiary/aromatic N) is 1. The average molecular weight is 265 g/mol. The lowest BCUT2D eigenvalue weighted by molar-refractivity contribution is 0.591. The van der Waals surface area contributed by atoms with E-state index in [4.69, 9.17) is 5.26 Å². The molecule has 0 bridgehead atoms. The van der Waals surface area contributed by atoms with Crippen molar-refractivity contribution in [3.8, 4) is 6.07 Å². The largest absolute Gasteiger partial charge is 0.192 e. The van der Waals surface area contributed by atoms with Crippen LogP contribution in [0.5, 0.6) is 0 Å². The van der Waals surface area contributed by atoms with Gasteiger partial charge in [-0.2, -0.15) is 5.26 Å². The van der Waals surface area contributed by atoms with Gasteiger partial charge in [0.1, 0.15) is 0 Å². The van der Waals surface area contributed by atoms with Crippen LogP contribution >= 0.6 is 11.3 Å². The summed E-state index contributed by atoms with van der Waals surface area (Å²) in [7, 11) is 0. The van der Waals surface area contributed by atoms with Crippen LogP contribution in [-0.4, -0.2) is 0 Å². The van der Waals surface area contributed by atoms with Gasteiger partial charge in [-0.3, -0.25) is 0 Å². The molecule has 1 heterocycles. The summed E-state index contributed by atoms with van der Waals surface area (Å²) in [5, 5.41) is 11.5. The van der Waals surface area contributed by atoms with Crippen molar-refractivity contribution >= 4 is 31.5 Å². The van der Waals surface area contributed by atoms with Crippen LogP contribution in [0.2, 0.25) is 0 Å². The molecule has 0 saturated carbocycles. The summed E-state index contributed by atoms with van der Waals surface area (Å²) in [6.07, 6.45) is 0. The van der Waals surface area contributed by atoms with Crippen molar-refractivity contribution < 1.29 is 0 Å². The lowest BCUT2D eigenvalue weighted by atomic mass is 9.87. The van der Waals surface area contributed by atoms with Gasteiger partial charge in [-0.25, -0.2) is 0 Å². The Morgan fingerprint density at radius 3 is 2.21 bits per heavy atom. The highest BCUT2D eigenvalue weighted by molar-refractivity contribution is 7.25. The fourth-order valence-electron chi connectivity index (χ4n) is 2.31. The fraction of sp³-hybridized carbons (Fsp3) is 0.235. The molecule has 94 valence electrons. The molecule has 19 heavy (non-hydrogen) atoms. The number of hydrogen-bond acceptors (Lipinski definition) is 2. The summed E-state index contributed by atoms with van der Waals surface area (Å²) in [4.78, 5) is 0. The molecule has 2 aromatic carbocycles. The van der Waals surface area contributed by atoms with Gasteiger partial charge in [0.25, 0.3) is 0 Å². The second-order valence-corrected chi connectivity index (χ2v) is 6.97. The van der Waals surface area contributed by atoms with Crippen LogP contribution in [0.15, 0.2) is 36.4 Å². The standard InChI is InChI=1S/C17H15NS/c1-17(2,3)12-5-7-14-13-6-4-11(10-18)8-15(13)19-16(14)9-12/h4-9H,1-3H3. The second-order valence-electron chi connectivity index (χ2n) is 5.89.